The van der Waals surface area contributed by atoms with Crippen molar-refractivity contribution >= 4 is 28.4 Å². The average Bonchev–Trinajstić information content (AvgIpc) is 2.79. The monoisotopic (exact) mass is 420 g/mol. The van der Waals surface area contributed by atoms with Gasteiger partial charge in [0.25, 0.3) is 0 Å². The second-order valence-electron chi connectivity index (χ2n) is 6.53. The van der Waals surface area contributed by atoms with Crippen molar-refractivity contribution in [2.75, 3.05) is 13.7 Å². The van der Waals surface area contributed by atoms with Crippen molar-refractivity contribution in [2.45, 2.75) is 0 Å². The number of rotatable bonds is 6. The Hall–Kier alpha value is -3.57. The first-order valence-electron chi connectivity index (χ1n) is 9.18. The number of para-hydroxylation sites is 1. The highest BCUT2D eigenvalue weighted by Crippen LogP contribution is 2.31. The lowest BCUT2D eigenvalue weighted by Gasteiger charge is -2.11. The van der Waals surface area contributed by atoms with Crippen LogP contribution in [0.5, 0.6) is 11.5 Å². The van der Waals surface area contributed by atoms with E-state index in [1.54, 1.807) is 79.9 Å². The summed E-state index contributed by atoms with van der Waals surface area (Å²) in [6.45, 7) is -0.310. The van der Waals surface area contributed by atoms with Crippen LogP contribution in [-0.4, -0.2) is 19.5 Å². The molecule has 4 aromatic rings. The standard InChI is InChI=1S/C24H17ClO5/c1-28-18-12-8-15(9-13-18)20(26)14-29-24-22(27)19-4-2-3-5-21(19)30-23(24)16-6-10-17(25)11-7-16/h2-13H,14H2,1H3. The van der Waals surface area contributed by atoms with Crippen LogP contribution in [0.15, 0.2) is 82.0 Å². The van der Waals surface area contributed by atoms with Gasteiger partial charge in [0.1, 0.15) is 11.3 Å². The van der Waals surface area contributed by atoms with E-state index < -0.39 is 0 Å². The molecule has 1 heterocycles. The Morgan fingerprint density at radius 1 is 0.967 bits per heavy atom. The van der Waals surface area contributed by atoms with Crippen molar-refractivity contribution in [1.82, 2.24) is 0 Å². The van der Waals surface area contributed by atoms with Gasteiger partial charge in [-0.05, 0) is 60.7 Å². The number of ketones is 1. The third-order valence-electron chi connectivity index (χ3n) is 4.62. The SMILES string of the molecule is COc1ccc(C(=O)COc2c(-c3ccc(Cl)cc3)oc3ccccc3c2=O)cc1. The van der Waals surface area contributed by atoms with Crippen LogP contribution < -0.4 is 14.9 Å². The molecule has 0 aliphatic carbocycles. The van der Waals surface area contributed by atoms with E-state index in [1.807, 2.05) is 0 Å². The maximum atomic E-state index is 13.1. The van der Waals surface area contributed by atoms with Crippen molar-refractivity contribution in [3.8, 4) is 22.8 Å². The molecule has 0 bridgehead atoms. The van der Waals surface area contributed by atoms with E-state index in [1.165, 1.54) is 0 Å². The van der Waals surface area contributed by atoms with Crippen LogP contribution in [-0.2, 0) is 0 Å². The molecule has 30 heavy (non-hydrogen) atoms. The van der Waals surface area contributed by atoms with Gasteiger partial charge in [-0.15, -0.1) is 0 Å². The Morgan fingerprint density at radius 3 is 2.37 bits per heavy atom. The number of carbonyl (C=O) groups excluding carboxylic acids is 1. The molecule has 0 aliphatic rings. The van der Waals surface area contributed by atoms with Gasteiger partial charge in [-0.25, -0.2) is 0 Å². The number of carbonyl (C=O) groups is 1. The van der Waals surface area contributed by atoms with E-state index in [9.17, 15) is 9.59 Å². The number of benzene rings is 3. The Morgan fingerprint density at radius 2 is 1.67 bits per heavy atom. The Kier molecular flexibility index (Phi) is 5.55. The molecule has 0 unspecified atom stereocenters. The van der Waals surface area contributed by atoms with Gasteiger partial charge in [-0.2, -0.15) is 0 Å². The molecule has 4 rings (SSSR count). The fourth-order valence-corrected chi connectivity index (χ4v) is 3.17. The van der Waals surface area contributed by atoms with Crippen molar-refractivity contribution < 1.29 is 18.7 Å². The zero-order valence-corrected chi connectivity index (χ0v) is 16.8. The molecule has 0 saturated heterocycles. The quantitative estimate of drug-likeness (QED) is 0.391. The first-order chi connectivity index (χ1) is 14.6. The molecule has 6 heteroatoms. The van der Waals surface area contributed by atoms with Crippen molar-refractivity contribution in [3.63, 3.8) is 0 Å². The van der Waals surface area contributed by atoms with Crippen LogP contribution in [0.25, 0.3) is 22.3 Å². The van der Waals surface area contributed by atoms with E-state index in [4.69, 9.17) is 25.5 Å². The molecule has 0 atom stereocenters. The van der Waals surface area contributed by atoms with Crippen molar-refractivity contribution in [3.05, 3.63) is 93.6 Å². The van der Waals surface area contributed by atoms with Crippen LogP contribution in [0.1, 0.15) is 10.4 Å². The van der Waals surface area contributed by atoms with Gasteiger partial charge in [0.05, 0.1) is 12.5 Å². The molecule has 0 spiro atoms. The number of halogens is 1. The number of fused-ring (bicyclic) bond motifs is 1. The molecule has 0 amide bonds. The lowest BCUT2D eigenvalue weighted by molar-refractivity contribution is 0.0920. The predicted octanol–water partition coefficient (Wildman–Crippen LogP) is 5.38. The van der Waals surface area contributed by atoms with Crippen molar-refractivity contribution in [2.24, 2.45) is 0 Å². The van der Waals surface area contributed by atoms with E-state index >= 15 is 0 Å². The van der Waals surface area contributed by atoms with Crippen molar-refractivity contribution in [1.29, 1.82) is 0 Å². The molecule has 3 aromatic carbocycles. The third-order valence-corrected chi connectivity index (χ3v) is 4.87. The highest BCUT2D eigenvalue weighted by Gasteiger charge is 2.19. The third kappa shape index (κ3) is 3.93. The largest absolute Gasteiger partial charge is 0.497 e. The minimum absolute atomic E-state index is 0.0158. The molecule has 0 aliphatic heterocycles. The smallest absolute Gasteiger partial charge is 0.235 e. The number of methoxy groups -OCH3 is 1. The molecule has 1 aromatic heterocycles. The Balaban J connectivity index is 1.72. The molecular formula is C24H17ClO5. The summed E-state index contributed by atoms with van der Waals surface area (Å²) >= 11 is 5.98. The minimum Gasteiger partial charge on any atom is -0.497 e. The fraction of sp³-hybridized carbons (Fsp3) is 0.0833. The van der Waals surface area contributed by atoms with Crippen LogP contribution in [0.2, 0.25) is 5.02 Å². The lowest BCUT2D eigenvalue weighted by atomic mass is 10.1. The van der Waals surface area contributed by atoms with Crippen LogP contribution in [0, 0.1) is 0 Å². The second-order valence-corrected chi connectivity index (χ2v) is 6.97. The molecule has 150 valence electrons. The fourth-order valence-electron chi connectivity index (χ4n) is 3.05. The first-order valence-corrected chi connectivity index (χ1v) is 9.56. The summed E-state index contributed by atoms with van der Waals surface area (Å²) < 4.78 is 16.8. The minimum atomic E-state index is -0.343. The zero-order chi connectivity index (χ0) is 21.1. The highest BCUT2D eigenvalue weighted by atomic mass is 35.5. The van der Waals surface area contributed by atoms with Crippen LogP contribution in [0.3, 0.4) is 0 Å². The van der Waals surface area contributed by atoms with Gasteiger partial charge < -0.3 is 13.9 Å². The number of hydrogen-bond acceptors (Lipinski definition) is 5. The van der Waals surface area contributed by atoms with Gasteiger partial charge in [0.15, 0.2) is 18.2 Å². The molecule has 0 fully saturated rings. The maximum Gasteiger partial charge on any atom is 0.235 e. The highest BCUT2D eigenvalue weighted by molar-refractivity contribution is 6.30. The molecular weight excluding hydrogens is 404 g/mol. The Bertz CT molecular complexity index is 1260. The van der Waals surface area contributed by atoms with E-state index in [-0.39, 0.29) is 29.3 Å². The van der Waals surface area contributed by atoms with Crippen LogP contribution >= 0.6 is 11.6 Å². The zero-order valence-electron chi connectivity index (χ0n) is 16.1. The normalized spacial score (nSPS) is 10.7. The van der Waals surface area contributed by atoms with Crippen LogP contribution in [0.4, 0.5) is 0 Å². The topological polar surface area (TPSA) is 65.7 Å². The summed E-state index contributed by atoms with van der Waals surface area (Å²) in [5.74, 6) is 0.607. The van der Waals surface area contributed by atoms with E-state index in [2.05, 4.69) is 0 Å². The average molecular weight is 421 g/mol. The summed E-state index contributed by atoms with van der Waals surface area (Å²) in [5.41, 5.74) is 1.16. The summed E-state index contributed by atoms with van der Waals surface area (Å²) in [7, 11) is 1.55. The molecule has 0 radical (unpaired) electrons. The predicted molar refractivity (Wildman–Crippen MR) is 116 cm³/mol. The maximum absolute atomic E-state index is 13.1. The van der Waals surface area contributed by atoms with Gasteiger partial charge in [-0.1, -0.05) is 23.7 Å². The van der Waals surface area contributed by atoms with Gasteiger partial charge in [0.2, 0.25) is 11.2 Å². The molecule has 5 nitrogen and oxygen atoms in total. The summed E-state index contributed by atoms with van der Waals surface area (Å²) in [4.78, 5) is 25.7. The summed E-state index contributed by atoms with van der Waals surface area (Å²) in [6.07, 6.45) is 0. The van der Waals surface area contributed by atoms with E-state index in [0.29, 0.717) is 32.9 Å². The van der Waals surface area contributed by atoms with Gasteiger partial charge in [-0.3, -0.25) is 9.59 Å². The second kappa shape index (κ2) is 8.43. The Labute approximate surface area is 177 Å². The number of ether oxygens (including phenoxy) is 2. The van der Waals surface area contributed by atoms with Gasteiger partial charge in [0, 0.05) is 16.1 Å². The summed E-state index contributed by atoms with van der Waals surface area (Å²) in [5, 5.41) is 0.932. The van der Waals surface area contributed by atoms with E-state index in [0.717, 1.165) is 0 Å². The molecule has 0 N–H and O–H groups in total. The lowest BCUT2D eigenvalue weighted by Crippen LogP contribution is -2.17. The number of Topliss-reactive ketones (excluding diaryl/α,β-unsaturated/α-hetero) is 1. The van der Waals surface area contributed by atoms with Gasteiger partial charge >= 0.3 is 0 Å². The number of hydrogen-bond donors (Lipinski definition) is 0. The molecule has 0 saturated carbocycles. The summed E-state index contributed by atoms with van der Waals surface area (Å²) in [6, 6.07) is 20.4. The first kappa shape index (κ1) is 19.7.